The lowest BCUT2D eigenvalue weighted by atomic mass is 10.2. The maximum atomic E-state index is 5.39. The topological polar surface area (TPSA) is 74.5 Å². The minimum atomic E-state index is 0.532. The molecule has 0 atom stereocenters. The molecule has 0 N–H and O–H groups in total. The molecule has 0 aliphatic rings. The number of nitrogens with zero attached hydrogens (tertiary/aromatic N) is 3. The fourth-order valence-electron chi connectivity index (χ4n) is 2.68. The molecule has 0 fully saturated rings. The van der Waals surface area contributed by atoms with E-state index in [0.29, 0.717) is 34.6 Å². The Kier molecular flexibility index (Phi) is 7.00. The highest BCUT2D eigenvalue weighted by Gasteiger charge is 2.04. The smallest absolute Gasteiger partial charge is 0.154 e. The summed E-state index contributed by atoms with van der Waals surface area (Å²) < 4.78 is 21.2. The van der Waals surface area contributed by atoms with Crippen LogP contribution in [0.3, 0.4) is 0 Å². The Morgan fingerprint density at radius 2 is 1.10 bits per heavy atom. The van der Waals surface area contributed by atoms with Crippen molar-refractivity contribution in [1.29, 1.82) is 0 Å². The van der Waals surface area contributed by atoms with Crippen molar-refractivity contribution in [2.45, 2.75) is 0 Å². The average molecular weight is 405 g/mol. The molecule has 7 nitrogen and oxygen atoms in total. The van der Waals surface area contributed by atoms with E-state index in [1.165, 1.54) is 0 Å². The number of hydrogen-bond acceptors (Lipinski definition) is 7. The number of ether oxygens (including phenoxy) is 4. The van der Waals surface area contributed by atoms with Gasteiger partial charge >= 0.3 is 0 Å². The van der Waals surface area contributed by atoms with Gasteiger partial charge in [-0.05, 0) is 36.4 Å². The highest BCUT2D eigenvalue weighted by atomic mass is 16.5. The van der Waals surface area contributed by atoms with Crippen LogP contribution in [0.4, 0.5) is 11.6 Å². The molecule has 30 heavy (non-hydrogen) atoms. The van der Waals surface area contributed by atoms with E-state index in [-0.39, 0.29) is 0 Å². The van der Waals surface area contributed by atoms with Crippen LogP contribution in [0, 0.1) is 0 Å². The third kappa shape index (κ3) is 5.14. The van der Waals surface area contributed by atoms with E-state index in [0.717, 1.165) is 11.1 Å². The van der Waals surface area contributed by atoms with Gasteiger partial charge in [-0.15, -0.1) is 0 Å². The first-order valence-electron chi connectivity index (χ1n) is 9.16. The Bertz CT molecular complexity index is 983. The number of aromatic nitrogens is 1. The Morgan fingerprint density at radius 1 is 0.633 bits per heavy atom. The fourth-order valence-corrected chi connectivity index (χ4v) is 2.68. The van der Waals surface area contributed by atoms with E-state index in [9.17, 15) is 0 Å². The van der Waals surface area contributed by atoms with Gasteiger partial charge in [-0.25, -0.2) is 15.0 Å². The van der Waals surface area contributed by atoms with Crippen molar-refractivity contribution in [2.24, 2.45) is 9.98 Å². The maximum absolute atomic E-state index is 5.39. The molecular weight excluding hydrogens is 382 g/mol. The third-order valence-corrected chi connectivity index (χ3v) is 4.27. The molecule has 0 saturated carbocycles. The normalized spacial score (nSPS) is 11.1. The first kappa shape index (κ1) is 20.9. The summed E-state index contributed by atoms with van der Waals surface area (Å²) in [5.74, 6) is 3.83. The van der Waals surface area contributed by atoms with Crippen LogP contribution in [0.25, 0.3) is 0 Å². The van der Waals surface area contributed by atoms with Crippen molar-refractivity contribution < 1.29 is 18.9 Å². The van der Waals surface area contributed by atoms with E-state index in [2.05, 4.69) is 15.0 Å². The summed E-state index contributed by atoms with van der Waals surface area (Å²) in [5.41, 5.74) is 1.63. The van der Waals surface area contributed by atoms with Crippen LogP contribution >= 0.6 is 0 Å². The molecule has 3 rings (SSSR count). The number of rotatable bonds is 8. The first-order valence-corrected chi connectivity index (χ1v) is 9.16. The summed E-state index contributed by atoms with van der Waals surface area (Å²) in [5, 5.41) is 0. The number of hydrogen-bond donors (Lipinski definition) is 0. The quantitative estimate of drug-likeness (QED) is 0.511. The summed E-state index contributed by atoms with van der Waals surface area (Å²) in [6.07, 6.45) is 3.39. The minimum absolute atomic E-state index is 0.532. The van der Waals surface area contributed by atoms with Gasteiger partial charge in [-0.2, -0.15) is 0 Å². The van der Waals surface area contributed by atoms with Crippen LogP contribution < -0.4 is 18.9 Å². The van der Waals surface area contributed by atoms with Crippen LogP contribution in [0.2, 0.25) is 0 Å². The van der Waals surface area contributed by atoms with Gasteiger partial charge in [-0.3, -0.25) is 0 Å². The summed E-state index contributed by atoms with van der Waals surface area (Å²) >= 11 is 0. The van der Waals surface area contributed by atoms with Gasteiger partial charge in [0.25, 0.3) is 0 Å². The molecule has 0 bridgehead atoms. The van der Waals surface area contributed by atoms with Crippen molar-refractivity contribution in [1.82, 2.24) is 4.98 Å². The predicted molar refractivity (Wildman–Crippen MR) is 118 cm³/mol. The van der Waals surface area contributed by atoms with Crippen molar-refractivity contribution in [2.75, 3.05) is 28.4 Å². The predicted octanol–water partition coefficient (Wildman–Crippen LogP) is 4.62. The molecule has 1 heterocycles. The maximum Gasteiger partial charge on any atom is 0.154 e. The fraction of sp³-hybridized carbons (Fsp3) is 0.174. The molecule has 7 heteroatoms. The zero-order valence-corrected chi connectivity index (χ0v) is 17.3. The second-order valence-electron chi connectivity index (χ2n) is 6.09. The molecule has 0 amide bonds. The number of methoxy groups -OCH3 is 4. The summed E-state index contributed by atoms with van der Waals surface area (Å²) in [4.78, 5) is 13.3. The van der Waals surface area contributed by atoms with Gasteiger partial charge in [0.2, 0.25) is 0 Å². The average Bonchev–Trinajstić information content (AvgIpc) is 2.81. The van der Waals surface area contributed by atoms with Gasteiger partial charge in [0.05, 0.1) is 28.4 Å². The lowest BCUT2D eigenvalue weighted by Gasteiger charge is -2.07. The molecule has 2 aromatic carbocycles. The second kappa shape index (κ2) is 10.1. The van der Waals surface area contributed by atoms with Gasteiger partial charge < -0.3 is 18.9 Å². The molecule has 0 spiro atoms. The molecule has 1 aromatic heterocycles. The van der Waals surface area contributed by atoms with Crippen molar-refractivity contribution >= 4 is 24.1 Å². The molecule has 154 valence electrons. The Labute approximate surface area is 175 Å². The lowest BCUT2D eigenvalue weighted by Crippen LogP contribution is -1.93. The standard InChI is InChI=1S/C23H23N3O4/c1-27-18-10-8-16(20(12-18)29-3)14-24-22-6-5-7-23(26-22)25-15-17-9-11-19(28-2)13-21(17)30-4/h5-15H,1-4H3. The van der Waals surface area contributed by atoms with Gasteiger partial charge in [0, 0.05) is 35.7 Å². The van der Waals surface area contributed by atoms with Gasteiger partial charge in [-0.1, -0.05) is 6.07 Å². The van der Waals surface area contributed by atoms with E-state index in [1.807, 2.05) is 30.3 Å². The molecule has 0 unspecified atom stereocenters. The molecule has 0 saturated heterocycles. The largest absolute Gasteiger partial charge is 0.497 e. The van der Waals surface area contributed by atoms with E-state index in [1.54, 1.807) is 65.1 Å². The van der Waals surface area contributed by atoms with Crippen molar-refractivity contribution in [3.63, 3.8) is 0 Å². The summed E-state index contributed by atoms with van der Waals surface area (Å²) in [6.45, 7) is 0. The first-order chi connectivity index (χ1) is 14.7. The second-order valence-corrected chi connectivity index (χ2v) is 6.09. The van der Waals surface area contributed by atoms with E-state index >= 15 is 0 Å². The molecular formula is C23H23N3O4. The van der Waals surface area contributed by atoms with Crippen molar-refractivity contribution in [3.05, 3.63) is 65.7 Å². The summed E-state index contributed by atoms with van der Waals surface area (Å²) in [6, 6.07) is 16.5. The summed E-state index contributed by atoms with van der Waals surface area (Å²) in [7, 11) is 6.43. The zero-order valence-electron chi connectivity index (χ0n) is 17.3. The Balaban J connectivity index is 1.80. The molecule has 0 aliphatic carbocycles. The highest BCUT2D eigenvalue weighted by molar-refractivity contribution is 5.86. The van der Waals surface area contributed by atoms with E-state index in [4.69, 9.17) is 18.9 Å². The van der Waals surface area contributed by atoms with E-state index < -0.39 is 0 Å². The van der Waals surface area contributed by atoms with Crippen molar-refractivity contribution in [3.8, 4) is 23.0 Å². The van der Waals surface area contributed by atoms with Crippen LogP contribution in [0.15, 0.2) is 64.6 Å². The van der Waals surface area contributed by atoms with Gasteiger partial charge in [0.1, 0.15) is 23.0 Å². The molecule has 3 aromatic rings. The third-order valence-electron chi connectivity index (χ3n) is 4.27. The Hall–Kier alpha value is -3.87. The number of benzene rings is 2. The SMILES string of the molecule is COc1ccc(C=Nc2cccc(N=Cc3ccc(OC)cc3OC)n2)c(OC)c1. The number of pyridine rings is 1. The van der Waals surface area contributed by atoms with Crippen LogP contribution in [0.1, 0.15) is 11.1 Å². The molecule has 0 radical (unpaired) electrons. The molecule has 0 aliphatic heterocycles. The lowest BCUT2D eigenvalue weighted by molar-refractivity contribution is 0.393. The Morgan fingerprint density at radius 3 is 1.50 bits per heavy atom. The van der Waals surface area contributed by atoms with Crippen LogP contribution in [-0.2, 0) is 0 Å². The van der Waals surface area contributed by atoms with Crippen LogP contribution in [-0.4, -0.2) is 45.9 Å². The van der Waals surface area contributed by atoms with Gasteiger partial charge in [0.15, 0.2) is 11.6 Å². The highest BCUT2D eigenvalue weighted by Crippen LogP contribution is 2.25. The zero-order chi connectivity index (χ0) is 21.3. The van der Waals surface area contributed by atoms with Crippen LogP contribution in [0.5, 0.6) is 23.0 Å². The number of aliphatic imine (C=N–C) groups is 2. The monoisotopic (exact) mass is 405 g/mol. The minimum Gasteiger partial charge on any atom is -0.497 e.